The van der Waals surface area contributed by atoms with E-state index in [0.29, 0.717) is 25.3 Å². The second kappa shape index (κ2) is 6.28. The van der Waals surface area contributed by atoms with Crippen LogP contribution in [0, 0.1) is 0 Å². The summed E-state index contributed by atoms with van der Waals surface area (Å²) >= 11 is 0. The Morgan fingerprint density at radius 1 is 1.30 bits per heavy atom. The van der Waals surface area contributed by atoms with Gasteiger partial charge in [-0.05, 0) is 44.0 Å². The number of hydrogen-bond acceptors (Lipinski definition) is 4. The largest absolute Gasteiger partial charge is 0.494 e. The third-order valence-corrected chi connectivity index (χ3v) is 4.03. The molecule has 3 rings (SSSR count). The van der Waals surface area contributed by atoms with Gasteiger partial charge in [-0.25, -0.2) is 4.79 Å². The molecule has 0 bridgehead atoms. The van der Waals surface area contributed by atoms with Gasteiger partial charge in [0.1, 0.15) is 18.3 Å². The molecule has 7 nitrogen and oxygen atoms in total. The molecule has 2 heterocycles. The second-order valence-corrected chi connectivity index (χ2v) is 5.56. The van der Waals surface area contributed by atoms with Crippen molar-refractivity contribution in [2.24, 2.45) is 0 Å². The van der Waals surface area contributed by atoms with E-state index in [9.17, 15) is 14.4 Å². The monoisotopic (exact) mass is 317 g/mol. The molecule has 1 N–H and O–H groups in total. The number of nitrogens with one attached hydrogen (secondary N) is 1. The van der Waals surface area contributed by atoms with Gasteiger partial charge in [0.15, 0.2) is 0 Å². The zero-order chi connectivity index (χ0) is 16.4. The van der Waals surface area contributed by atoms with Crippen LogP contribution in [0.2, 0.25) is 0 Å². The van der Waals surface area contributed by atoms with E-state index in [-0.39, 0.29) is 24.5 Å². The van der Waals surface area contributed by atoms with Crippen LogP contribution in [0.4, 0.5) is 10.5 Å². The van der Waals surface area contributed by atoms with Gasteiger partial charge in [-0.3, -0.25) is 14.5 Å². The summed E-state index contributed by atoms with van der Waals surface area (Å²) in [6.07, 6.45) is 1.52. The molecule has 1 aromatic rings. The zero-order valence-corrected chi connectivity index (χ0v) is 12.9. The van der Waals surface area contributed by atoms with Crippen molar-refractivity contribution in [3.05, 3.63) is 24.3 Å². The highest BCUT2D eigenvalue weighted by Crippen LogP contribution is 2.27. The average Bonchev–Trinajstić information content (AvgIpc) is 3.10. The van der Waals surface area contributed by atoms with Crippen molar-refractivity contribution < 1.29 is 19.1 Å². The van der Waals surface area contributed by atoms with Crippen molar-refractivity contribution in [1.29, 1.82) is 0 Å². The van der Waals surface area contributed by atoms with Crippen molar-refractivity contribution in [2.45, 2.75) is 25.8 Å². The summed E-state index contributed by atoms with van der Waals surface area (Å²) in [5, 5.41) is 2.69. The van der Waals surface area contributed by atoms with Gasteiger partial charge in [0, 0.05) is 12.2 Å². The summed E-state index contributed by atoms with van der Waals surface area (Å²) < 4.78 is 5.33. The second-order valence-electron chi connectivity index (χ2n) is 5.56. The zero-order valence-electron chi connectivity index (χ0n) is 12.9. The number of carbonyl (C=O) groups is 3. The van der Waals surface area contributed by atoms with E-state index in [4.69, 9.17) is 4.74 Å². The molecule has 4 amide bonds. The van der Waals surface area contributed by atoms with Crippen LogP contribution < -0.4 is 10.1 Å². The molecule has 1 atom stereocenters. The summed E-state index contributed by atoms with van der Waals surface area (Å²) in [4.78, 5) is 39.0. The third kappa shape index (κ3) is 2.99. The maximum atomic E-state index is 12.2. The van der Waals surface area contributed by atoms with E-state index in [1.54, 1.807) is 29.2 Å². The van der Waals surface area contributed by atoms with Gasteiger partial charge in [0.2, 0.25) is 5.91 Å². The number of benzene rings is 1. The highest BCUT2D eigenvalue weighted by Gasteiger charge is 2.47. The molecule has 0 aromatic heterocycles. The quantitative estimate of drug-likeness (QED) is 0.834. The lowest BCUT2D eigenvalue weighted by Gasteiger charge is -2.15. The molecule has 2 saturated heterocycles. The van der Waals surface area contributed by atoms with Gasteiger partial charge in [0.05, 0.1) is 6.61 Å². The molecular weight excluding hydrogens is 298 g/mol. The molecule has 0 radical (unpaired) electrons. The Kier molecular flexibility index (Phi) is 4.18. The lowest BCUT2D eigenvalue weighted by atomic mass is 10.2. The predicted octanol–water partition coefficient (Wildman–Crippen LogP) is 1.45. The first-order chi connectivity index (χ1) is 11.1. The summed E-state index contributed by atoms with van der Waals surface area (Å²) in [6, 6.07) is 6.20. The molecule has 0 spiro atoms. The number of urea groups is 1. The van der Waals surface area contributed by atoms with Crippen LogP contribution in [-0.4, -0.2) is 53.4 Å². The van der Waals surface area contributed by atoms with Gasteiger partial charge in [-0.1, -0.05) is 0 Å². The Bertz CT molecular complexity index is 607. The number of amides is 4. The van der Waals surface area contributed by atoms with Crippen molar-refractivity contribution in [3.8, 4) is 5.75 Å². The highest BCUT2D eigenvalue weighted by atomic mass is 16.5. The summed E-state index contributed by atoms with van der Waals surface area (Å²) in [5.74, 6) is 0.0578. The van der Waals surface area contributed by atoms with Crippen molar-refractivity contribution in [2.75, 3.05) is 25.0 Å². The Hall–Kier alpha value is -2.57. The first kappa shape index (κ1) is 15.3. The smallest absolute Gasteiger partial charge is 0.327 e. The minimum absolute atomic E-state index is 0.252. The first-order valence-corrected chi connectivity index (χ1v) is 7.75. The Morgan fingerprint density at radius 2 is 2.04 bits per heavy atom. The van der Waals surface area contributed by atoms with Crippen LogP contribution in [0.25, 0.3) is 0 Å². The van der Waals surface area contributed by atoms with E-state index in [0.717, 1.165) is 17.1 Å². The SMILES string of the molecule is CCOc1ccc(NC(=O)CN2C(=O)[C@@H]3CCCN3C2=O)cc1. The summed E-state index contributed by atoms with van der Waals surface area (Å²) in [6.45, 7) is 2.80. The van der Waals surface area contributed by atoms with E-state index < -0.39 is 5.91 Å². The molecule has 0 aliphatic carbocycles. The maximum absolute atomic E-state index is 12.2. The molecule has 2 aliphatic rings. The van der Waals surface area contributed by atoms with Gasteiger partial charge >= 0.3 is 6.03 Å². The van der Waals surface area contributed by atoms with Crippen LogP contribution in [-0.2, 0) is 9.59 Å². The molecule has 0 saturated carbocycles. The van der Waals surface area contributed by atoms with Gasteiger partial charge in [-0.15, -0.1) is 0 Å². The minimum Gasteiger partial charge on any atom is -0.494 e. The number of carbonyl (C=O) groups excluding carboxylic acids is 3. The third-order valence-electron chi connectivity index (χ3n) is 4.03. The van der Waals surface area contributed by atoms with Crippen LogP contribution in [0.3, 0.4) is 0 Å². The molecule has 2 aliphatic heterocycles. The number of ether oxygens (including phenoxy) is 1. The van der Waals surface area contributed by atoms with Crippen molar-refractivity contribution in [1.82, 2.24) is 9.80 Å². The maximum Gasteiger partial charge on any atom is 0.327 e. The highest BCUT2D eigenvalue weighted by molar-refractivity contribution is 6.08. The van der Waals surface area contributed by atoms with Crippen LogP contribution in [0.15, 0.2) is 24.3 Å². The number of hydrogen-bond donors (Lipinski definition) is 1. The minimum atomic E-state index is -0.392. The molecule has 0 unspecified atom stereocenters. The summed E-state index contributed by atoms with van der Waals surface area (Å²) in [5.41, 5.74) is 0.595. The van der Waals surface area contributed by atoms with Gasteiger partial charge in [0.25, 0.3) is 5.91 Å². The molecule has 23 heavy (non-hydrogen) atoms. The number of fused-ring (bicyclic) bond motifs is 1. The Morgan fingerprint density at radius 3 is 2.70 bits per heavy atom. The average molecular weight is 317 g/mol. The fraction of sp³-hybridized carbons (Fsp3) is 0.438. The molecule has 7 heteroatoms. The summed E-state index contributed by atoms with van der Waals surface area (Å²) in [7, 11) is 0. The molecule has 1 aromatic carbocycles. The van der Waals surface area contributed by atoms with Crippen molar-refractivity contribution >= 4 is 23.5 Å². The molecular formula is C16H19N3O4. The van der Waals surface area contributed by atoms with Crippen molar-refractivity contribution in [3.63, 3.8) is 0 Å². The Balaban J connectivity index is 1.59. The first-order valence-electron chi connectivity index (χ1n) is 7.75. The van der Waals surface area contributed by atoms with Crippen LogP contribution in [0.5, 0.6) is 5.75 Å². The lowest BCUT2D eigenvalue weighted by molar-refractivity contribution is -0.131. The number of nitrogens with zero attached hydrogens (tertiary/aromatic N) is 2. The number of imide groups is 1. The van der Waals surface area contributed by atoms with Gasteiger partial charge < -0.3 is 15.0 Å². The normalized spacial score (nSPS) is 20.0. The standard InChI is InChI=1S/C16H19N3O4/c1-2-23-12-7-5-11(6-8-12)17-14(20)10-19-15(21)13-4-3-9-18(13)16(19)22/h5-8,13H,2-4,9-10H2,1H3,(H,17,20)/t13-/m0/s1. The number of rotatable bonds is 5. The van der Waals surface area contributed by atoms with Gasteiger partial charge in [-0.2, -0.15) is 0 Å². The topological polar surface area (TPSA) is 79.0 Å². The van der Waals surface area contributed by atoms with E-state index in [1.807, 2.05) is 6.92 Å². The van der Waals surface area contributed by atoms with Crippen LogP contribution in [0.1, 0.15) is 19.8 Å². The van der Waals surface area contributed by atoms with E-state index in [2.05, 4.69) is 5.32 Å². The Labute approximate surface area is 134 Å². The van der Waals surface area contributed by atoms with E-state index in [1.165, 1.54) is 0 Å². The number of anilines is 1. The van der Waals surface area contributed by atoms with Crippen LogP contribution >= 0.6 is 0 Å². The molecule has 2 fully saturated rings. The fourth-order valence-corrected chi connectivity index (χ4v) is 2.97. The predicted molar refractivity (Wildman–Crippen MR) is 83.1 cm³/mol. The fourth-order valence-electron chi connectivity index (χ4n) is 2.97. The van der Waals surface area contributed by atoms with E-state index >= 15 is 0 Å². The molecule has 122 valence electrons. The lowest BCUT2D eigenvalue weighted by Crippen LogP contribution is -2.39.